The number of nitrogens with zero attached hydrogens (tertiary/aromatic N) is 3. The average molecular weight is 303 g/mol. The van der Waals surface area contributed by atoms with Crippen LogP contribution in [0.25, 0.3) is 10.9 Å². The van der Waals surface area contributed by atoms with Crippen LogP contribution in [0.5, 0.6) is 0 Å². The standard InChI is InChI=1S/C17H22FN3O/c1-20(2)17(9-4-3-5-10-17)11-21-12-19-15-13(16(21)22)7-6-8-14(15)18/h6-8,12H,3-5,9-11H2,1-2H3. The van der Waals surface area contributed by atoms with E-state index in [1.165, 1.54) is 31.7 Å². The molecule has 1 aromatic carbocycles. The van der Waals surface area contributed by atoms with E-state index in [2.05, 4.69) is 24.0 Å². The van der Waals surface area contributed by atoms with E-state index in [0.29, 0.717) is 11.9 Å². The molecule has 3 rings (SSSR count). The molecule has 1 saturated carbocycles. The molecule has 1 fully saturated rings. The van der Waals surface area contributed by atoms with Crippen molar-refractivity contribution in [1.29, 1.82) is 0 Å². The van der Waals surface area contributed by atoms with Crippen molar-refractivity contribution >= 4 is 10.9 Å². The van der Waals surface area contributed by atoms with Gasteiger partial charge < -0.3 is 4.90 Å². The summed E-state index contributed by atoms with van der Waals surface area (Å²) in [5.74, 6) is -0.443. The van der Waals surface area contributed by atoms with E-state index in [-0.39, 0.29) is 16.6 Å². The molecule has 118 valence electrons. The molecular formula is C17H22FN3O. The molecule has 0 saturated heterocycles. The summed E-state index contributed by atoms with van der Waals surface area (Å²) in [5.41, 5.74) is -0.00676. The van der Waals surface area contributed by atoms with Crippen LogP contribution in [0.1, 0.15) is 32.1 Å². The lowest BCUT2D eigenvalue weighted by Gasteiger charge is -2.43. The zero-order chi connectivity index (χ0) is 15.7. The van der Waals surface area contributed by atoms with E-state index >= 15 is 0 Å². The SMILES string of the molecule is CN(C)C1(Cn2cnc3c(F)cccc3c2=O)CCCCC1. The summed E-state index contributed by atoms with van der Waals surface area (Å²) in [6.45, 7) is 0.609. The lowest BCUT2D eigenvalue weighted by atomic mass is 9.80. The van der Waals surface area contributed by atoms with E-state index in [9.17, 15) is 9.18 Å². The summed E-state index contributed by atoms with van der Waals surface area (Å²) in [7, 11) is 4.15. The van der Waals surface area contributed by atoms with Crippen LogP contribution < -0.4 is 5.56 Å². The first-order valence-corrected chi connectivity index (χ1v) is 7.85. The Morgan fingerprint density at radius 2 is 2.00 bits per heavy atom. The highest BCUT2D eigenvalue weighted by Gasteiger charge is 2.35. The highest BCUT2D eigenvalue weighted by Crippen LogP contribution is 2.33. The maximum atomic E-state index is 13.7. The van der Waals surface area contributed by atoms with Gasteiger partial charge in [-0.05, 0) is 39.1 Å². The van der Waals surface area contributed by atoms with Crippen molar-refractivity contribution in [2.75, 3.05) is 14.1 Å². The van der Waals surface area contributed by atoms with E-state index in [1.807, 2.05) is 0 Å². The molecule has 0 amide bonds. The zero-order valence-corrected chi connectivity index (χ0v) is 13.2. The van der Waals surface area contributed by atoms with E-state index < -0.39 is 5.82 Å². The minimum atomic E-state index is -0.443. The lowest BCUT2D eigenvalue weighted by molar-refractivity contribution is 0.0795. The monoisotopic (exact) mass is 303 g/mol. The summed E-state index contributed by atoms with van der Waals surface area (Å²) in [6, 6.07) is 4.54. The number of halogens is 1. The summed E-state index contributed by atoms with van der Waals surface area (Å²) >= 11 is 0. The maximum Gasteiger partial charge on any atom is 0.261 e. The molecule has 4 nitrogen and oxygen atoms in total. The van der Waals surface area contributed by atoms with Crippen molar-refractivity contribution in [3.8, 4) is 0 Å². The first kappa shape index (κ1) is 15.2. The maximum absolute atomic E-state index is 13.7. The third-order valence-corrected chi connectivity index (χ3v) is 5.00. The Kier molecular flexibility index (Phi) is 4.00. The average Bonchev–Trinajstić information content (AvgIpc) is 2.51. The molecule has 1 aliphatic rings. The molecule has 5 heteroatoms. The predicted molar refractivity (Wildman–Crippen MR) is 85.5 cm³/mol. The van der Waals surface area contributed by atoms with E-state index in [4.69, 9.17) is 0 Å². The van der Waals surface area contributed by atoms with Crippen LogP contribution in [-0.2, 0) is 6.54 Å². The van der Waals surface area contributed by atoms with Gasteiger partial charge in [0.1, 0.15) is 11.3 Å². The Balaban J connectivity index is 2.03. The molecule has 0 aliphatic heterocycles. The quantitative estimate of drug-likeness (QED) is 0.875. The molecule has 0 N–H and O–H groups in total. The van der Waals surface area contributed by atoms with Gasteiger partial charge in [-0.3, -0.25) is 9.36 Å². The molecule has 0 spiro atoms. The fourth-order valence-electron chi connectivity index (χ4n) is 3.54. The normalized spacial score (nSPS) is 18.0. The topological polar surface area (TPSA) is 38.1 Å². The zero-order valence-electron chi connectivity index (χ0n) is 13.2. The molecule has 1 heterocycles. The molecule has 1 aliphatic carbocycles. The number of benzene rings is 1. The molecule has 0 unspecified atom stereocenters. The molecule has 0 bridgehead atoms. The van der Waals surface area contributed by atoms with Gasteiger partial charge in [0.05, 0.1) is 11.7 Å². The number of likely N-dealkylation sites (N-methyl/N-ethyl adjacent to an activating group) is 1. The number of hydrogen-bond acceptors (Lipinski definition) is 3. The first-order valence-electron chi connectivity index (χ1n) is 7.85. The second-order valence-electron chi connectivity index (χ2n) is 6.49. The van der Waals surface area contributed by atoms with Gasteiger partial charge in [0.15, 0.2) is 0 Å². The summed E-state index contributed by atoms with van der Waals surface area (Å²) in [5, 5.41) is 0.354. The Morgan fingerprint density at radius 1 is 1.27 bits per heavy atom. The van der Waals surface area contributed by atoms with Crippen LogP contribution >= 0.6 is 0 Å². The number of aromatic nitrogens is 2. The second kappa shape index (κ2) is 5.80. The molecule has 0 radical (unpaired) electrons. The van der Waals surface area contributed by atoms with Crippen molar-refractivity contribution in [3.05, 3.63) is 40.7 Å². The minimum Gasteiger partial charge on any atom is -0.302 e. The van der Waals surface area contributed by atoms with Crippen LogP contribution in [-0.4, -0.2) is 34.1 Å². The molecule has 2 aromatic rings. The summed E-state index contributed by atoms with van der Waals surface area (Å²) in [6.07, 6.45) is 7.27. The Labute approximate surface area is 129 Å². The van der Waals surface area contributed by atoms with Gasteiger partial charge in [-0.1, -0.05) is 25.3 Å². The van der Waals surface area contributed by atoms with Gasteiger partial charge in [0, 0.05) is 12.1 Å². The van der Waals surface area contributed by atoms with Gasteiger partial charge in [-0.25, -0.2) is 9.37 Å². The van der Waals surface area contributed by atoms with Crippen molar-refractivity contribution in [1.82, 2.24) is 14.5 Å². The largest absolute Gasteiger partial charge is 0.302 e. The van der Waals surface area contributed by atoms with E-state index in [0.717, 1.165) is 12.8 Å². The molecule has 22 heavy (non-hydrogen) atoms. The van der Waals surface area contributed by atoms with Crippen LogP contribution in [0, 0.1) is 5.82 Å². The van der Waals surface area contributed by atoms with Crippen LogP contribution in [0.3, 0.4) is 0 Å². The van der Waals surface area contributed by atoms with Gasteiger partial charge in [-0.15, -0.1) is 0 Å². The van der Waals surface area contributed by atoms with Gasteiger partial charge in [0.25, 0.3) is 5.56 Å². The number of rotatable bonds is 3. The van der Waals surface area contributed by atoms with Crippen LogP contribution in [0.2, 0.25) is 0 Å². The second-order valence-corrected chi connectivity index (χ2v) is 6.49. The number of fused-ring (bicyclic) bond motifs is 1. The van der Waals surface area contributed by atoms with Gasteiger partial charge >= 0.3 is 0 Å². The Morgan fingerprint density at radius 3 is 2.68 bits per heavy atom. The third kappa shape index (κ3) is 2.54. The highest BCUT2D eigenvalue weighted by atomic mass is 19.1. The fourth-order valence-corrected chi connectivity index (χ4v) is 3.54. The summed E-state index contributed by atoms with van der Waals surface area (Å²) < 4.78 is 15.4. The fraction of sp³-hybridized carbons (Fsp3) is 0.529. The molecule has 1 aromatic heterocycles. The lowest BCUT2D eigenvalue weighted by Crippen LogP contribution is -2.50. The van der Waals surface area contributed by atoms with Crippen molar-refractivity contribution in [2.24, 2.45) is 0 Å². The van der Waals surface area contributed by atoms with E-state index in [1.54, 1.807) is 16.7 Å². The van der Waals surface area contributed by atoms with Crippen LogP contribution in [0.4, 0.5) is 4.39 Å². The van der Waals surface area contributed by atoms with Gasteiger partial charge in [-0.2, -0.15) is 0 Å². The van der Waals surface area contributed by atoms with Crippen molar-refractivity contribution in [3.63, 3.8) is 0 Å². The number of hydrogen-bond donors (Lipinski definition) is 0. The predicted octanol–water partition coefficient (Wildman–Crippen LogP) is 2.80. The molecule has 0 atom stereocenters. The Bertz CT molecular complexity index is 732. The Hall–Kier alpha value is -1.75. The van der Waals surface area contributed by atoms with Crippen molar-refractivity contribution in [2.45, 2.75) is 44.2 Å². The third-order valence-electron chi connectivity index (χ3n) is 5.00. The molecular weight excluding hydrogens is 281 g/mol. The van der Waals surface area contributed by atoms with Crippen molar-refractivity contribution < 1.29 is 4.39 Å². The smallest absolute Gasteiger partial charge is 0.261 e. The highest BCUT2D eigenvalue weighted by molar-refractivity contribution is 5.77. The number of para-hydroxylation sites is 1. The van der Waals surface area contributed by atoms with Gasteiger partial charge in [0.2, 0.25) is 0 Å². The summed E-state index contributed by atoms with van der Waals surface area (Å²) in [4.78, 5) is 19.1. The minimum absolute atomic E-state index is 0.00917. The first-order chi connectivity index (χ1) is 10.5. The van der Waals surface area contributed by atoms with Crippen LogP contribution in [0.15, 0.2) is 29.3 Å².